The fourth-order valence-corrected chi connectivity index (χ4v) is 21.8. The Morgan fingerprint density at radius 2 is 1.22 bits per heavy atom. The van der Waals surface area contributed by atoms with Crippen molar-refractivity contribution in [2.45, 2.75) is 75.3 Å². The molecule has 1 rings (SSSR count). The Morgan fingerprint density at radius 3 is 1.44 bits per heavy atom. The van der Waals surface area contributed by atoms with Crippen molar-refractivity contribution in [3.8, 4) is 0 Å². The van der Waals surface area contributed by atoms with Crippen LogP contribution in [0.5, 0.6) is 0 Å². The van der Waals surface area contributed by atoms with E-state index in [2.05, 4.69) is 20.8 Å². The minimum atomic E-state index is -3.69. The average Bonchev–Trinajstić information content (AvgIpc) is 2.29. The molecule has 0 aromatic carbocycles. The summed E-state index contributed by atoms with van der Waals surface area (Å²) in [6.07, 6.45) is 6.36. The van der Waals surface area contributed by atoms with Crippen molar-refractivity contribution >= 4 is 20.3 Å². The van der Waals surface area contributed by atoms with Crippen molar-refractivity contribution in [1.29, 1.82) is 0 Å². The van der Waals surface area contributed by atoms with Gasteiger partial charge in [-0.05, 0) is 0 Å². The van der Waals surface area contributed by atoms with E-state index in [0.717, 1.165) is 54.5 Å². The van der Waals surface area contributed by atoms with Crippen LogP contribution in [0.15, 0.2) is 0 Å². The van der Waals surface area contributed by atoms with E-state index >= 15 is 0 Å². The van der Waals surface area contributed by atoms with Crippen molar-refractivity contribution in [3.63, 3.8) is 0 Å². The van der Waals surface area contributed by atoms with E-state index < -0.39 is 20.3 Å². The zero-order valence-corrected chi connectivity index (χ0v) is 14.7. The van der Waals surface area contributed by atoms with E-state index in [0.29, 0.717) is 0 Å². The van der Waals surface area contributed by atoms with Crippen LogP contribution in [0.3, 0.4) is 0 Å². The summed E-state index contributed by atoms with van der Waals surface area (Å²) in [6, 6.07) is 0. The third kappa shape index (κ3) is 3.82. The summed E-state index contributed by atoms with van der Waals surface area (Å²) < 4.78 is 22.9. The Labute approximate surface area is 112 Å². The second-order valence-corrected chi connectivity index (χ2v) is 17.9. The topological polar surface area (TPSA) is 55.8 Å². The quantitative estimate of drug-likeness (QED) is 0.487. The molecule has 0 spiro atoms. The summed E-state index contributed by atoms with van der Waals surface area (Å²) in [4.78, 5) is 9.47. The monoisotopic (exact) mass is 348 g/mol. The van der Waals surface area contributed by atoms with Crippen LogP contribution >= 0.6 is 7.82 Å². The van der Waals surface area contributed by atoms with Gasteiger partial charge >= 0.3 is 112 Å². The van der Waals surface area contributed by atoms with Gasteiger partial charge in [0.25, 0.3) is 0 Å². The molecule has 1 N–H and O–H groups in total. The number of hydrogen-bond acceptors (Lipinski definition) is 3. The molecule has 0 atom stereocenters. The van der Waals surface area contributed by atoms with E-state index in [-0.39, 0.29) is 0 Å². The van der Waals surface area contributed by atoms with Gasteiger partial charge < -0.3 is 0 Å². The Morgan fingerprint density at radius 1 is 0.889 bits per heavy atom. The van der Waals surface area contributed by atoms with Gasteiger partial charge in [-0.15, -0.1) is 0 Å². The molecule has 1 aliphatic rings. The van der Waals surface area contributed by atoms with Gasteiger partial charge in [0.15, 0.2) is 0 Å². The molecule has 112 valence electrons. The zero-order chi connectivity index (χ0) is 13.7. The van der Waals surface area contributed by atoms with Crippen molar-refractivity contribution in [2.75, 3.05) is 0 Å². The Balaban J connectivity index is 2.84. The Bertz CT molecular complexity index is 283. The summed E-state index contributed by atoms with van der Waals surface area (Å²) >= 11 is -3.39. The fraction of sp³-hybridized carbons (Fsp3) is 1.00. The predicted octanol–water partition coefficient (Wildman–Crippen LogP) is 4.66. The molecule has 0 aliphatic carbocycles. The van der Waals surface area contributed by atoms with Gasteiger partial charge in [-0.2, -0.15) is 0 Å². The second-order valence-electron chi connectivity index (χ2n) is 5.38. The molecule has 0 bridgehead atoms. The predicted molar refractivity (Wildman–Crippen MR) is 78.3 cm³/mol. The van der Waals surface area contributed by atoms with E-state index in [9.17, 15) is 9.46 Å². The van der Waals surface area contributed by atoms with E-state index in [1.807, 2.05) is 0 Å². The second kappa shape index (κ2) is 6.39. The van der Waals surface area contributed by atoms with Crippen molar-refractivity contribution in [2.24, 2.45) is 0 Å². The maximum absolute atomic E-state index is 11.5. The Hall–Kier alpha value is 0.629. The molecule has 0 saturated carbocycles. The summed E-state index contributed by atoms with van der Waals surface area (Å²) in [5, 5.41) is 2.71. The van der Waals surface area contributed by atoms with Crippen molar-refractivity contribution < 1.29 is 16.7 Å². The normalized spacial score (nSPS) is 31.2. The standard InChI is InChI=1S/C12H29O4PSe/c1-4-7-10-18(11-8-5-2,12-9-6-3)15-17(13,14)16-18/h18H,4-12H2,1-3H3,(H,13,14). The van der Waals surface area contributed by atoms with E-state index in [4.69, 9.17) is 7.21 Å². The third-order valence-electron chi connectivity index (χ3n) is 3.65. The SMILES string of the molecule is CCCC[SeH]1(CCCC)(CCCC)OP(=O)(O)O1. The van der Waals surface area contributed by atoms with Crippen LogP contribution in [-0.4, -0.2) is 17.3 Å². The van der Waals surface area contributed by atoms with Crippen molar-refractivity contribution in [1.82, 2.24) is 0 Å². The first-order chi connectivity index (χ1) is 8.41. The van der Waals surface area contributed by atoms with Crippen LogP contribution in [0.2, 0.25) is 16.0 Å². The minimum absolute atomic E-state index is 0.902. The van der Waals surface area contributed by atoms with Crippen molar-refractivity contribution in [3.05, 3.63) is 0 Å². The van der Waals surface area contributed by atoms with E-state index in [1.165, 1.54) is 0 Å². The molecular weight excluding hydrogens is 318 g/mol. The van der Waals surface area contributed by atoms with Crippen LogP contribution in [-0.2, 0) is 11.8 Å². The molecule has 6 heteroatoms. The van der Waals surface area contributed by atoms with Gasteiger partial charge in [0, 0.05) is 0 Å². The van der Waals surface area contributed by atoms with Gasteiger partial charge in [0.1, 0.15) is 0 Å². The molecular formula is C12H29O4PSe. The summed E-state index contributed by atoms with van der Waals surface area (Å²) in [7, 11) is -3.69. The van der Waals surface area contributed by atoms with Crippen LogP contribution < -0.4 is 0 Å². The van der Waals surface area contributed by atoms with E-state index in [1.54, 1.807) is 0 Å². The first kappa shape index (κ1) is 16.7. The molecule has 0 radical (unpaired) electrons. The van der Waals surface area contributed by atoms with Gasteiger partial charge in [0.05, 0.1) is 0 Å². The molecule has 0 aromatic rings. The molecule has 1 aliphatic heterocycles. The van der Waals surface area contributed by atoms with Gasteiger partial charge in [-0.3, -0.25) is 0 Å². The van der Waals surface area contributed by atoms with Crippen LogP contribution in [0.4, 0.5) is 0 Å². The van der Waals surface area contributed by atoms with Gasteiger partial charge in [0.2, 0.25) is 0 Å². The molecule has 4 nitrogen and oxygen atoms in total. The molecule has 0 unspecified atom stereocenters. The fourth-order valence-electron chi connectivity index (χ4n) is 2.64. The molecule has 0 amide bonds. The molecule has 1 saturated heterocycles. The number of phosphoric acid groups is 1. The first-order valence-corrected chi connectivity index (χ1v) is 14.2. The molecule has 1 heterocycles. The Kier molecular flexibility index (Phi) is 5.92. The maximum atomic E-state index is 11.5. The average molecular weight is 347 g/mol. The summed E-state index contributed by atoms with van der Waals surface area (Å²) in [5.41, 5.74) is 0. The number of hydrogen-bond donors (Lipinski definition) is 1. The number of unbranched alkanes of at least 4 members (excludes halogenated alkanes) is 3. The van der Waals surface area contributed by atoms with Crippen LogP contribution in [0, 0.1) is 0 Å². The van der Waals surface area contributed by atoms with Crippen LogP contribution in [0.1, 0.15) is 59.3 Å². The summed E-state index contributed by atoms with van der Waals surface area (Å²) in [5.74, 6) is 0. The molecule has 1 fully saturated rings. The van der Waals surface area contributed by atoms with Crippen LogP contribution in [0.25, 0.3) is 0 Å². The molecule has 18 heavy (non-hydrogen) atoms. The van der Waals surface area contributed by atoms with Gasteiger partial charge in [-0.25, -0.2) is 0 Å². The number of rotatable bonds is 9. The molecule has 0 aromatic heterocycles. The zero-order valence-electron chi connectivity index (χ0n) is 11.9. The third-order valence-corrected chi connectivity index (χ3v) is 21.0. The summed E-state index contributed by atoms with van der Waals surface area (Å²) in [6.45, 7) is 6.41. The first-order valence-electron chi connectivity index (χ1n) is 7.18. The van der Waals surface area contributed by atoms with Gasteiger partial charge in [-0.1, -0.05) is 0 Å².